The number of nitrogens with zero attached hydrogens (tertiary/aromatic N) is 6. The first-order chi connectivity index (χ1) is 16.0. The molecule has 2 saturated carbocycles. The van der Waals surface area contributed by atoms with E-state index in [-0.39, 0.29) is 23.7 Å². The van der Waals surface area contributed by atoms with E-state index in [1.54, 1.807) is 16.8 Å². The second-order valence-corrected chi connectivity index (χ2v) is 8.69. The minimum absolute atomic E-state index is 0.00143. The standard InChI is InChI=1S/C22H23N9O2/c1-11-3-2-4-15(24-11)17(12-5-6-12)27-20-28-18-13(9-16-19(32)29-22(33)26-16)10-23-31(18)21(30-20)25-14-7-8-14/h2-4,9-10,12,14,17,32H,5-8H2,1H3,(H,25,27,30)(H2,26,29,33)/b13-9+. The summed E-state index contributed by atoms with van der Waals surface area (Å²) in [5, 5.41) is 18.5. The summed E-state index contributed by atoms with van der Waals surface area (Å²) in [6, 6.07) is 6.27. The third kappa shape index (κ3) is 3.97. The molecular formula is C22H23N9O2. The van der Waals surface area contributed by atoms with Gasteiger partial charge in [-0.15, -0.1) is 0 Å². The SMILES string of the molecule is Cc1cccc(C(Nc2nc(=NC3CC3)n3nc/c(=C\c4[nH]c(=O)[nH]c4O)c3n2)C2CC2)n1. The number of aromatic amines is 2. The van der Waals surface area contributed by atoms with Gasteiger partial charge in [0.2, 0.25) is 11.8 Å². The molecule has 2 fully saturated rings. The van der Waals surface area contributed by atoms with Gasteiger partial charge in [0.05, 0.1) is 24.0 Å². The topological polar surface area (TPSA) is 149 Å². The number of imidazole rings is 1. The van der Waals surface area contributed by atoms with Crippen molar-refractivity contribution in [1.29, 1.82) is 0 Å². The van der Waals surface area contributed by atoms with Gasteiger partial charge in [-0.25, -0.2) is 9.79 Å². The monoisotopic (exact) mass is 445 g/mol. The highest BCUT2D eigenvalue weighted by Crippen LogP contribution is 2.41. The van der Waals surface area contributed by atoms with Crippen LogP contribution in [-0.4, -0.2) is 45.7 Å². The number of anilines is 1. The van der Waals surface area contributed by atoms with Crippen LogP contribution in [0.25, 0.3) is 11.7 Å². The van der Waals surface area contributed by atoms with Crippen molar-refractivity contribution in [2.45, 2.75) is 44.7 Å². The van der Waals surface area contributed by atoms with Crippen LogP contribution in [-0.2, 0) is 0 Å². The minimum atomic E-state index is -0.491. The van der Waals surface area contributed by atoms with Gasteiger partial charge in [0.1, 0.15) is 5.69 Å². The second-order valence-electron chi connectivity index (χ2n) is 8.69. The quantitative estimate of drug-likeness (QED) is 0.342. The van der Waals surface area contributed by atoms with E-state index in [1.165, 1.54) is 0 Å². The summed E-state index contributed by atoms with van der Waals surface area (Å²) in [4.78, 5) is 35.2. The first-order valence-electron chi connectivity index (χ1n) is 11.1. The summed E-state index contributed by atoms with van der Waals surface area (Å²) in [6.45, 7) is 1.98. The maximum atomic E-state index is 11.5. The molecular weight excluding hydrogens is 422 g/mol. The number of hydrogen-bond acceptors (Lipinski definition) is 8. The number of nitrogens with one attached hydrogen (secondary N) is 3. The molecule has 0 saturated heterocycles. The average molecular weight is 445 g/mol. The maximum Gasteiger partial charge on any atom is 0.326 e. The highest BCUT2D eigenvalue weighted by Gasteiger charge is 2.34. The van der Waals surface area contributed by atoms with Crippen molar-refractivity contribution in [2.75, 3.05) is 5.32 Å². The lowest BCUT2D eigenvalue weighted by Gasteiger charge is -2.18. The summed E-state index contributed by atoms with van der Waals surface area (Å²) in [5.74, 6) is 0.679. The zero-order valence-corrected chi connectivity index (χ0v) is 18.0. The molecule has 0 amide bonds. The van der Waals surface area contributed by atoms with Gasteiger partial charge in [0.15, 0.2) is 5.65 Å². The molecule has 1 atom stereocenters. The predicted molar refractivity (Wildman–Crippen MR) is 119 cm³/mol. The average Bonchev–Trinajstić information content (AvgIpc) is 3.71. The molecule has 2 aliphatic rings. The van der Waals surface area contributed by atoms with E-state index in [4.69, 9.17) is 15.0 Å². The van der Waals surface area contributed by atoms with E-state index in [0.717, 1.165) is 37.1 Å². The molecule has 2 aliphatic carbocycles. The normalized spacial score (nSPS) is 18.2. The molecule has 4 heterocycles. The van der Waals surface area contributed by atoms with Crippen LogP contribution >= 0.6 is 0 Å². The summed E-state index contributed by atoms with van der Waals surface area (Å²) >= 11 is 0. The molecule has 168 valence electrons. The highest BCUT2D eigenvalue weighted by atomic mass is 16.3. The molecule has 0 radical (unpaired) electrons. The highest BCUT2D eigenvalue weighted by molar-refractivity contribution is 5.57. The summed E-state index contributed by atoms with van der Waals surface area (Å²) in [7, 11) is 0. The van der Waals surface area contributed by atoms with Gasteiger partial charge < -0.3 is 15.4 Å². The Hall–Kier alpha value is -4.02. The number of rotatable bonds is 6. The predicted octanol–water partition coefficient (Wildman–Crippen LogP) is 0.724. The zero-order chi connectivity index (χ0) is 22.5. The third-order valence-corrected chi connectivity index (χ3v) is 5.86. The van der Waals surface area contributed by atoms with Crippen LogP contribution in [0.3, 0.4) is 0 Å². The number of aromatic nitrogens is 7. The van der Waals surface area contributed by atoms with Crippen LogP contribution in [0, 0.1) is 12.8 Å². The van der Waals surface area contributed by atoms with Crippen LogP contribution in [0.5, 0.6) is 5.88 Å². The van der Waals surface area contributed by atoms with Crippen LogP contribution in [0.1, 0.15) is 48.8 Å². The molecule has 0 aromatic carbocycles. The van der Waals surface area contributed by atoms with Crippen LogP contribution in [0.4, 0.5) is 5.95 Å². The van der Waals surface area contributed by atoms with Gasteiger partial charge in [-0.3, -0.25) is 9.97 Å². The lowest BCUT2D eigenvalue weighted by atomic mass is 10.1. The molecule has 0 spiro atoms. The fourth-order valence-corrected chi connectivity index (χ4v) is 3.88. The van der Waals surface area contributed by atoms with Crippen molar-refractivity contribution in [1.82, 2.24) is 34.5 Å². The molecule has 11 heteroatoms. The van der Waals surface area contributed by atoms with Crippen molar-refractivity contribution >= 4 is 17.7 Å². The van der Waals surface area contributed by atoms with Crippen molar-refractivity contribution < 1.29 is 5.11 Å². The summed E-state index contributed by atoms with van der Waals surface area (Å²) in [5.41, 5.74) is 2.70. The Kier molecular flexibility index (Phi) is 4.49. The van der Waals surface area contributed by atoms with E-state index in [2.05, 4.69) is 25.4 Å². The number of H-pyrrole nitrogens is 2. The lowest BCUT2D eigenvalue weighted by molar-refractivity contribution is 0.454. The molecule has 4 N–H and O–H groups in total. The Balaban J connectivity index is 1.48. The van der Waals surface area contributed by atoms with Crippen molar-refractivity contribution in [3.05, 3.63) is 62.8 Å². The Bertz CT molecular complexity index is 1530. The van der Waals surface area contributed by atoms with Crippen molar-refractivity contribution in [2.24, 2.45) is 10.9 Å². The molecule has 0 aliphatic heterocycles. The largest absolute Gasteiger partial charge is 0.493 e. The molecule has 33 heavy (non-hydrogen) atoms. The number of hydrogen-bond donors (Lipinski definition) is 4. The van der Waals surface area contributed by atoms with Gasteiger partial charge in [0.25, 0.3) is 5.62 Å². The first kappa shape index (κ1) is 19.6. The van der Waals surface area contributed by atoms with Crippen LogP contribution in [0.2, 0.25) is 0 Å². The molecule has 6 rings (SSSR count). The number of pyridine rings is 1. The van der Waals surface area contributed by atoms with E-state index < -0.39 is 5.69 Å². The lowest BCUT2D eigenvalue weighted by Crippen LogP contribution is -2.26. The number of aromatic hydroxyl groups is 1. The van der Waals surface area contributed by atoms with Crippen molar-refractivity contribution in [3.8, 4) is 5.88 Å². The first-order valence-corrected chi connectivity index (χ1v) is 11.1. The Morgan fingerprint density at radius 1 is 1.21 bits per heavy atom. The van der Waals surface area contributed by atoms with Gasteiger partial charge in [0, 0.05) is 10.9 Å². The molecule has 4 aromatic heterocycles. The third-order valence-electron chi connectivity index (χ3n) is 5.86. The Morgan fingerprint density at radius 3 is 2.76 bits per heavy atom. The molecule has 0 bridgehead atoms. The maximum absolute atomic E-state index is 11.5. The molecule has 1 unspecified atom stereocenters. The van der Waals surface area contributed by atoms with E-state index >= 15 is 0 Å². The van der Waals surface area contributed by atoms with E-state index in [1.807, 2.05) is 25.1 Å². The van der Waals surface area contributed by atoms with E-state index in [9.17, 15) is 9.90 Å². The smallest absolute Gasteiger partial charge is 0.326 e. The second kappa shape index (κ2) is 7.54. The van der Waals surface area contributed by atoms with Crippen molar-refractivity contribution in [3.63, 3.8) is 0 Å². The summed E-state index contributed by atoms with van der Waals surface area (Å²) in [6.07, 6.45) is 7.55. The van der Waals surface area contributed by atoms with Gasteiger partial charge in [-0.1, -0.05) is 6.07 Å². The fraction of sp³-hybridized carbons (Fsp3) is 0.364. The van der Waals surface area contributed by atoms with Crippen LogP contribution < -0.4 is 21.8 Å². The number of aryl methyl sites for hydroxylation is 1. The van der Waals surface area contributed by atoms with Gasteiger partial charge >= 0.3 is 5.69 Å². The Labute approximate surface area is 187 Å². The van der Waals surface area contributed by atoms with E-state index in [0.29, 0.717) is 28.4 Å². The zero-order valence-electron chi connectivity index (χ0n) is 18.0. The Morgan fingerprint density at radius 2 is 2.06 bits per heavy atom. The molecule has 11 nitrogen and oxygen atoms in total. The van der Waals surface area contributed by atoms with Gasteiger partial charge in [-0.2, -0.15) is 19.6 Å². The fourth-order valence-electron chi connectivity index (χ4n) is 3.88. The minimum Gasteiger partial charge on any atom is -0.493 e. The van der Waals surface area contributed by atoms with Gasteiger partial charge in [-0.05, 0) is 56.7 Å². The molecule has 4 aromatic rings. The summed E-state index contributed by atoms with van der Waals surface area (Å²) < 4.78 is 1.59. The van der Waals surface area contributed by atoms with Crippen LogP contribution in [0.15, 0.2) is 34.2 Å². The number of fused-ring (bicyclic) bond motifs is 1.